The van der Waals surface area contributed by atoms with Crippen molar-refractivity contribution in [2.75, 3.05) is 30.9 Å². The van der Waals surface area contributed by atoms with Crippen LogP contribution in [0.5, 0.6) is 5.75 Å². The van der Waals surface area contributed by atoms with Gasteiger partial charge in [-0.2, -0.15) is 0 Å². The maximum absolute atomic E-state index is 5.45. The largest absolute Gasteiger partial charge is 0.494 e. The lowest BCUT2D eigenvalue weighted by atomic mass is 10.1. The van der Waals surface area contributed by atoms with Crippen molar-refractivity contribution < 1.29 is 4.74 Å². The molecule has 0 spiro atoms. The van der Waals surface area contributed by atoms with Crippen molar-refractivity contribution in [2.24, 2.45) is 0 Å². The first-order valence-electron chi connectivity index (χ1n) is 7.33. The van der Waals surface area contributed by atoms with Gasteiger partial charge in [-0.25, -0.2) is 0 Å². The summed E-state index contributed by atoms with van der Waals surface area (Å²) in [7, 11) is 4.11. The van der Waals surface area contributed by atoms with Crippen molar-refractivity contribution >= 4 is 11.4 Å². The second-order valence-electron chi connectivity index (χ2n) is 5.32. The Bertz CT molecular complexity index is 576. The van der Waals surface area contributed by atoms with Gasteiger partial charge in [-0.1, -0.05) is 12.1 Å². The van der Waals surface area contributed by atoms with E-state index in [0.717, 1.165) is 12.3 Å². The van der Waals surface area contributed by atoms with Gasteiger partial charge in [0.25, 0.3) is 0 Å². The molecule has 1 N–H and O–H groups in total. The zero-order chi connectivity index (χ0) is 15.2. The third-order valence-corrected chi connectivity index (χ3v) is 3.44. The number of benzene rings is 2. The molecule has 112 valence electrons. The van der Waals surface area contributed by atoms with Crippen molar-refractivity contribution in [2.45, 2.75) is 20.4 Å². The molecule has 0 radical (unpaired) electrons. The Morgan fingerprint density at radius 1 is 1.05 bits per heavy atom. The van der Waals surface area contributed by atoms with Gasteiger partial charge in [-0.15, -0.1) is 0 Å². The summed E-state index contributed by atoms with van der Waals surface area (Å²) in [5.41, 5.74) is 4.90. The molecule has 0 aromatic heterocycles. The van der Waals surface area contributed by atoms with E-state index >= 15 is 0 Å². The van der Waals surface area contributed by atoms with Gasteiger partial charge in [0.1, 0.15) is 5.75 Å². The zero-order valence-corrected chi connectivity index (χ0v) is 13.3. The first-order valence-corrected chi connectivity index (χ1v) is 7.33. The molecule has 0 fully saturated rings. The molecule has 3 nitrogen and oxygen atoms in total. The summed E-state index contributed by atoms with van der Waals surface area (Å²) in [5, 5.41) is 3.49. The van der Waals surface area contributed by atoms with Gasteiger partial charge >= 0.3 is 0 Å². The van der Waals surface area contributed by atoms with Crippen molar-refractivity contribution in [3.8, 4) is 5.75 Å². The van der Waals surface area contributed by atoms with Crippen molar-refractivity contribution in [1.82, 2.24) is 0 Å². The lowest BCUT2D eigenvalue weighted by Crippen LogP contribution is -2.09. The standard InChI is InChI=1S/C18H24N2O/c1-5-21-17-9-6-15(7-10-17)13-19-18-11-8-16(20(3)4)12-14(18)2/h6-12,19H,5,13H2,1-4H3. The minimum atomic E-state index is 0.703. The molecule has 0 amide bonds. The maximum Gasteiger partial charge on any atom is 0.119 e. The molecule has 2 rings (SSSR count). The van der Waals surface area contributed by atoms with E-state index in [2.05, 4.69) is 61.6 Å². The Kier molecular flexibility index (Phi) is 5.09. The van der Waals surface area contributed by atoms with Gasteiger partial charge in [-0.05, 0) is 55.3 Å². The lowest BCUT2D eigenvalue weighted by Gasteiger charge is -2.16. The minimum Gasteiger partial charge on any atom is -0.494 e. The second-order valence-corrected chi connectivity index (χ2v) is 5.32. The number of rotatable bonds is 6. The molecule has 0 atom stereocenters. The van der Waals surface area contributed by atoms with Gasteiger partial charge in [0.05, 0.1) is 6.61 Å². The predicted octanol–water partition coefficient (Wildman–Crippen LogP) is 4.07. The highest BCUT2D eigenvalue weighted by molar-refractivity contribution is 5.59. The number of ether oxygens (including phenoxy) is 1. The van der Waals surface area contributed by atoms with Crippen LogP contribution in [0.1, 0.15) is 18.1 Å². The van der Waals surface area contributed by atoms with E-state index in [1.807, 2.05) is 19.1 Å². The molecule has 0 heterocycles. The van der Waals surface area contributed by atoms with Crippen LogP contribution in [0, 0.1) is 6.92 Å². The Balaban J connectivity index is 1.99. The summed E-state index contributed by atoms with van der Waals surface area (Å²) >= 11 is 0. The van der Waals surface area contributed by atoms with Crippen molar-refractivity contribution in [3.63, 3.8) is 0 Å². The second kappa shape index (κ2) is 7.02. The Hall–Kier alpha value is -2.16. The fourth-order valence-corrected chi connectivity index (χ4v) is 2.19. The van der Waals surface area contributed by atoms with Crippen molar-refractivity contribution in [3.05, 3.63) is 53.6 Å². The molecule has 0 aliphatic heterocycles. The van der Waals surface area contributed by atoms with Gasteiger partial charge in [0.2, 0.25) is 0 Å². The van der Waals surface area contributed by atoms with Gasteiger partial charge < -0.3 is 15.0 Å². The van der Waals surface area contributed by atoms with Crippen molar-refractivity contribution in [1.29, 1.82) is 0 Å². The summed E-state index contributed by atoms with van der Waals surface area (Å²) in [6, 6.07) is 14.7. The maximum atomic E-state index is 5.45. The van der Waals surface area contributed by atoms with Crippen LogP contribution in [-0.2, 0) is 6.54 Å². The molecule has 21 heavy (non-hydrogen) atoms. The first-order chi connectivity index (χ1) is 10.1. The van der Waals surface area contributed by atoms with E-state index in [-0.39, 0.29) is 0 Å². The molecule has 0 aliphatic carbocycles. The van der Waals surface area contributed by atoms with E-state index in [4.69, 9.17) is 4.74 Å². The summed E-state index contributed by atoms with van der Waals surface area (Å²) < 4.78 is 5.45. The average Bonchev–Trinajstić information content (AvgIpc) is 2.47. The quantitative estimate of drug-likeness (QED) is 0.865. The lowest BCUT2D eigenvalue weighted by molar-refractivity contribution is 0.340. The van der Waals surface area contributed by atoms with Crippen LogP contribution in [-0.4, -0.2) is 20.7 Å². The third kappa shape index (κ3) is 4.15. The molecule has 0 aliphatic rings. The van der Waals surface area contributed by atoms with E-state index in [0.29, 0.717) is 6.61 Å². The third-order valence-electron chi connectivity index (χ3n) is 3.44. The molecule has 3 heteroatoms. The van der Waals surface area contributed by atoms with Crippen LogP contribution in [0.2, 0.25) is 0 Å². The average molecular weight is 284 g/mol. The number of aryl methyl sites for hydroxylation is 1. The molecule has 0 saturated heterocycles. The SMILES string of the molecule is CCOc1ccc(CNc2ccc(N(C)C)cc2C)cc1. The molecular formula is C18H24N2O. The Morgan fingerprint density at radius 2 is 1.76 bits per heavy atom. The molecule has 0 bridgehead atoms. The number of hydrogen-bond acceptors (Lipinski definition) is 3. The fraction of sp³-hybridized carbons (Fsp3) is 0.333. The van der Waals surface area contributed by atoms with Crippen LogP contribution < -0.4 is 15.0 Å². The van der Waals surface area contributed by atoms with Crippen LogP contribution in [0.15, 0.2) is 42.5 Å². The smallest absolute Gasteiger partial charge is 0.119 e. The zero-order valence-electron chi connectivity index (χ0n) is 13.3. The molecule has 0 saturated carbocycles. The molecule has 2 aromatic carbocycles. The summed E-state index contributed by atoms with van der Waals surface area (Å²) in [4.78, 5) is 2.11. The van der Waals surface area contributed by atoms with Crippen LogP contribution in [0.25, 0.3) is 0 Å². The van der Waals surface area contributed by atoms with Gasteiger partial charge in [0.15, 0.2) is 0 Å². The molecule has 0 unspecified atom stereocenters. The van der Waals surface area contributed by atoms with Gasteiger partial charge in [0, 0.05) is 32.0 Å². The minimum absolute atomic E-state index is 0.703. The summed E-state index contributed by atoms with van der Waals surface area (Å²) in [6.45, 7) is 5.65. The highest BCUT2D eigenvalue weighted by Crippen LogP contribution is 2.22. The summed E-state index contributed by atoms with van der Waals surface area (Å²) in [5.74, 6) is 0.924. The van der Waals surface area contributed by atoms with E-state index in [9.17, 15) is 0 Å². The normalized spacial score (nSPS) is 10.3. The van der Waals surface area contributed by atoms with E-state index in [1.54, 1.807) is 0 Å². The van der Waals surface area contributed by atoms with E-state index < -0.39 is 0 Å². The Labute approximate surface area is 127 Å². The number of anilines is 2. The topological polar surface area (TPSA) is 24.5 Å². The number of nitrogens with one attached hydrogen (secondary N) is 1. The fourth-order valence-electron chi connectivity index (χ4n) is 2.19. The van der Waals surface area contributed by atoms with Crippen LogP contribution in [0.4, 0.5) is 11.4 Å². The Morgan fingerprint density at radius 3 is 2.33 bits per heavy atom. The molecular weight excluding hydrogens is 260 g/mol. The molecule has 2 aromatic rings. The number of nitrogens with zero attached hydrogens (tertiary/aromatic N) is 1. The highest BCUT2D eigenvalue weighted by Gasteiger charge is 2.02. The highest BCUT2D eigenvalue weighted by atomic mass is 16.5. The predicted molar refractivity (Wildman–Crippen MR) is 90.4 cm³/mol. The van der Waals surface area contributed by atoms with Crippen LogP contribution in [0.3, 0.4) is 0 Å². The summed E-state index contributed by atoms with van der Waals surface area (Å²) in [6.07, 6.45) is 0. The van der Waals surface area contributed by atoms with E-state index in [1.165, 1.54) is 22.5 Å². The first kappa shape index (κ1) is 15.2. The van der Waals surface area contributed by atoms with Crippen LogP contribution >= 0.6 is 0 Å². The monoisotopic (exact) mass is 284 g/mol. The number of hydrogen-bond donors (Lipinski definition) is 1. The van der Waals surface area contributed by atoms with Gasteiger partial charge in [-0.3, -0.25) is 0 Å².